The summed E-state index contributed by atoms with van der Waals surface area (Å²) >= 11 is 0. The van der Waals surface area contributed by atoms with Gasteiger partial charge in [0, 0.05) is 26.1 Å². The molecule has 0 aliphatic carbocycles. The number of unbranched alkanes of at least 4 members (excludes halogenated alkanes) is 16. The number of nitrogens with zero attached hydrogens (tertiary/aromatic N) is 2. The van der Waals surface area contributed by atoms with Gasteiger partial charge in [-0.2, -0.15) is 0 Å². The molecule has 0 aromatic rings. The third kappa shape index (κ3) is 14.1. The zero-order valence-corrected chi connectivity index (χ0v) is 18.5. The zero-order valence-electron chi connectivity index (χ0n) is 18.5. The Bertz CT molecular complexity index is 341. The molecule has 0 radical (unpaired) electrons. The van der Waals surface area contributed by atoms with Crippen LogP contribution in [0.1, 0.15) is 122 Å². The summed E-state index contributed by atoms with van der Waals surface area (Å²) in [4.78, 5) is 7.02. The van der Waals surface area contributed by atoms with Crippen LogP contribution in [0.3, 0.4) is 0 Å². The zero-order chi connectivity index (χ0) is 19.4. The lowest BCUT2D eigenvalue weighted by atomic mass is 10.0. The molecule has 0 aromatic carbocycles. The van der Waals surface area contributed by atoms with Crippen molar-refractivity contribution in [2.24, 2.45) is 10.7 Å². The minimum absolute atomic E-state index is 0.748. The molecular weight excluding hydrogens is 330 g/mol. The van der Waals surface area contributed by atoms with Crippen molar-refractivity contribution in [2.45, 2.75) is 122 Å². The van der Waals surface area contributed by atoms with Gasteiger partial charge in [-0.05, 0) is 6.42 Å². The Balaban J connectivity index is 1.73. The van der Waals surface area contributed by atoms with Gasteiger partial charge in [0.15, 0.2) is 0 Å². The second-order valence-corrected chi connectivity index (χ2v) is 8.48. The Hall–Kier alpha value is -0.570. The van der Waals surface area contributed by atoms with Crippen LogP contribution in [0.25, 0.3) is 0 Å². The molecule has 0 saturated carbocycles. The largest absolute Gasteiger partial charge is 0.357 e. The van der Waals surface area contributed by atoms with E-state index in [1.54, 1.807) is 0 Å². The van der Waals surface area contributed by atoms with Crippen molar-refractivity contribution in [2.75, 3.05) is 26.2 Å². The molecule has 0 aromatic heterocycles. The molecule has 0 bridgehead atoms. The first-order valence-corrected chi connectivity index (χ1v) is 12.4. The molecule has 3 nitrogen and oxygen atoms in total. The van der Waals surface area contributed by atoms with Gasteiger partial charge < -0.3 is 10.6 Å². The number of aliphatic imine (C=N–C) groups is 1. The topological polar surface area (TPSA) is 41.6 Å². The summed E-state index contributed by atoms with van der Waals surface area (Å²) in [6.45, 7) is 6.10. The minimum Gasteiger partial charge on any atom is -0.357 e. The van der Waals surface area contributed by atoms with Crippen molar-refractivity contribution in [3.05, 3.63) is 0 Å². The number of hydrogen-bond donors (Lipinski definition) is 1. The smallest absolute Gasteiger partial charge is 0.0990 e. The maximum absolute atomic E-state index is 5.67. The minimum atomic E-state index is 0.748. The van der Waals surface area contributed by atoms with Crippen molar-refractivity contribution in [1.29, 1.82) is 0 Å². The lowest BCUT2D eigenvalue weighted by Crippen LogP contribution is -2.32. The number of amidine groups is 1. The molecule has 0 spiro atoms. The van der Waals surface area contributed by atoms with Crippen molar-refractivity contribution < 1.29 is 0 Å². The lowest BCUT2D eigenvalue weighted by Gasteiger charge is -2.19. The van der Waals surface area contributed by atoms with Crippen LogP contribution in [0.15, 0.2) is 4.99 Å². The monoisotopic (exact) mass is 379 g/mol. The molecule has 0 amide bonds. The van der Waals surface area contributed by atoms with Crippen LogP contribution in [-0.4, -0.2) is 36.9 Å². The molecule has 1 heterocycles. The van der Waals surface area contributed by atoms with Crippen molar-refractivity contribution in [3.63, 3.8) is 0 Å². The van der Waals surface area contributed by atoms with Crippen LogP contribution in [0.5, 0.6) is 0 Å². The standard InChI is InChI=1S/C24H49N3/c1-2-3-4-5-6-7-8-9-10-11-12-13-14-15-16-17-18-19-24-26-21-23-27(24)22-20-25/h2-23,25H2,1H3. The van der Waals surface area contributed by atoms with E-state index in [1.807, 2.05) is 0 Å². The van der Waals surface area contributed by atoms with E-state index in [0.717, 1.165) is 26.2 Å². The second kappa shape index (κ2) is 18.8. The normalized spacial score (nSPS) is 14.1. The molecule has 160 valence electrons. The fourth-order valence-electron chi connectivity index (χ4n) is 4.17. The van der Waals surface area contributed by atoms with E-state index in [0.29, 0.717) is 0 Å². The maximum atomic E-state index is 5.67. The van der Waals surface area contributed by atoms with Gasteiger partial charge in [-0.3, -0.25) is 4.99 Å². The van der Waals surface area contributed by atoms with Gasteiger partial charge in [-0.1, -0.05) is 110 Å². The first kappa shape index (κ1) is 24.5. The van der Waals surface area contributed by atoms with Crippen LogP contribution in [-0.2, 0) is 0 Å². The van der Waals surface area contributed by atoms with E-state index < -0.39 is 0 Å². The van der Waals surface area contributed by atoms with E-state index in [-0.39, 0.29) is 0 Å². The van der Waals surface area contributed by atoms with Gasteiger partial charge in [-0.15, -0.1) is 0 Å². The summed E-state index contributed by atoms with van der Waals surface area (Å²) in [5.41, 5.74) is 5.67. The highest BCUT2D eigenvalue weighted by molar-refractivity contribution is 5.83. The summed E-state index contributed by atoms with van der Waals surface area (Å²) in [5, 5.41) is 0. The van der Waals surface area contributed by atoms with Gasteiger partial charge in [0.05, 0.1) is 12.4 Å². The van der Waals surface area contributed by atoms with Gasteiger partial charge in [0.1, 0.15) is 0 Å². The highest BCUT2D eigenvalue weighted by atomic mass is 15.2. The molecule has 3 heteroatoms. The Morgan fingerprint density at radius 3 is 1.59 bits per heavy atom. The van der Waals surface area contributed by atoms with E-state index in [9.17, 15) is 0 Å². The summed E-state index contributed by atoms with van der Waals surface area (Å²) in [6.07, 6.45) is 25.6. The van der Waals surface area contributed by atoms with Gasteiger partial charge in [0.2, 0.25) is 0 Å². The molecule has 0 unspecified atom stereocenters. The van der Waals surface area contributed by atoms with E-state index in [2.05, 4.69) is 16.8 Å². The van der Waals surface area contributed by atoms with Crippen LogP contribution in [0, 0.1) is 0 Å². The quantitative estimate of drug-likeness (QED) is 0.239. The Morgan fingerprint density at radius 1 is 0.704 bits per heavy atom. The average molecular weight is 380 g/mol. The highest BCUT2D eigenvalue weighted by Gasteiger charge is 2.14. The number of hydrogen-bond acceptors (Lipinski definition) is 3. The molecule has 1 aliphatic heterocycles. The third-order valence-corrected chi connectivity index (χ3v) is 5.93. The first-order valence-electron chi connectivity index (χ1n) is 12.4. The molecule has 1 rings (SSSR count). The maximum Gasteiger partial charge on any atom is 0.0990 e. The molecule has 2 N–H and O–H groups in total. The third-order valence-electron chi connectivity index (χ3n) is 5.93. The van der Waals surface area contributed by atoms with E-state index in [4.69, 9.17) is 5.73 Å². The highest BCUT2D eigenvalue weighted by Crippen LogP contribution is 2.15. The number of rotatable bonds is 20. The lowest BCUT2D eigenvalue weighted by molar-refractivity contribution is 0.455. The average Bonchev–Trinajstić information content (AvgIpc) is 3.11. The molecular formula is C24H49N3. The summed E-state index contributed by atoms with van der Waals surface area (Å²) < 4.78 is 0. The van der Waals surface area contributed by atoms with Crippen molar-refractivity contribution in [3.8, 4) is 0 Å². The second-order valence-electron chi connectivity index (χ2n) is 8.48. The van der Waals surface area contributed by atoms with Crippen LogP contribution in [0.4, 0.5) is 0 Å². The Morgan fingerprint density at radius 2 is 1.15 bits per heavy atom. The summed E-state index contributed by atoms with van der Waals surface area (Å²) in [7, 11) is 0. The molecule has 0 saturated heterocycles. The fraction of sp³-hybridized carbons (Fsp3) is 0.958. The number of nitrogens with two attached hydrogens (primary N) is 1. The molecule has 0 fully saturated rings. The summed E-state index contributed by atoms with van der Waals surface area (Å²) in [6, 6.07) is 0. The predicted molar refractivity (Wildman–Crippen MR) is 122 cm³/mol. The van der Waals surface area contributed by atoms with Gasteiger partial charge >= 0.3 is 0 Å². The molecule has 0 atom stereocenters. The van der Waals surface area contributed by atoms with Crippen LogP contribution in [0.2, 0.25) is 0 Å². The van der Waals surface area contributed by atoms with Gasteiger partial charge in [0.25, 0.3) is 0 Å². The van der Waals surface area contributed by atoms with E-state index >= 15 is 0 Å². The molecule has 1 aliphatic rings. The van der Waals surface area contributed by atoms with Crippen molar-refractivity contribution >= 4 is 5.84 Å². The van der Waals surface area contributed by atoms with Crippen LogP contribution < -0.4 is 5.73 Å². The van der Waals surface area contributed by atoms with Crippen LogP contribution >= 0.6 is 0 Å². The van der Waals surface area contributed by atoms with Gasteiger partial charge in [-0.25, -0.2) is 0 Å². The van der Waals surface area contributed by atoms with E-state index in [1.165, 1.54) is 121 Å². The summed E-state index contributed by atoms with van der Waals surface area (Å²) in [5.74, 6) is 1.32. The SMILES string of the molecule is CCCCCCCCCCCCCCCCCCCC1=NCCN1CCN. The fourth-order valence-corrected chi connectivity index (χ4v) is 4.17. The first-order chi connectivity index (χ1) is 13.4. The predicted octanol–water partition coefficient (Wildman–Crippen LogP) is 6.70. The van der Waals surface area contributed by atoms with Crippen molar-refractivity contribution in [1.82, 2.24) is 4.90 Å². The molecule has 27 heavy (non-hydrogen) atoms. The Kier molecular flexibility index (Phi) is 17.0. The Labute approximate surface area is 170 Å².